The summed E-state index contributed by atoms with van der Waals surface area (Å²) >= 11 is 5.93. The number of nitrogen functional groups attached to an aromatic ring is 1. The average molecular weight is 297 g/mol. The fourth-order valence-corrected chi connectivity index (χ4v) is 2.49. The summed E-state index contributed by atoms with van der Waals surface area (Å²) in [7, 11) is 0. The fraction of sp³-hybridized carbons (Fsp3) is 0.0588. The molecule has 0 aliphatic rings. The molecule has 104 valence electrons. The SMILES string of the molecule is Nc1cc(Cl)cc(C(=O)Cc2ccc3ccccc3n2)c1. The zero-order chi connectivity index (χ0) is 14.8. The lowest BCUT2D eigenvalue weighted by atomic mass is 10.0. The highest BCUT2D eigenvalue weighted by molar-refractivity contribution is 6.31. The maximum Gasteiger partial charge on any atom is 0.168 e. The number of anilines is 1. The fourth-order valence-electron chi connectivity index (χ4n) is 2.25. The summed E-state index contributed by atoms with van der Waals surface area (Å²) < 4.78 is 0. The predicted octanol–water partition coefficient (Wildman–Crippen LogP) is 3.90. The van der Waals surface area contributed by atoms with E-state index in [1.807, 2.05) is 36.4 Å². The van der Waals surface area contributed by atoms with Crippen molar-refractivity contribution in [2.75, 3.05) is 5.73 Å². The number of fused-ring (bicyclic) bond motifs is 1. The number of carbonyl (C=O) groups excluding carboxylic acids is 1. The number of benzene rings is 2. The third kappa shape index (κ3) is 3.03. The van der Waals surface area contributed by atoms with Gasteiger partial charge in [-0.05, 0) is 30.3 Å². The molecule has 1 aromatic heterocycles. The van der Waals surface area contributed by atoms with Crippen molar-refractivity contribution in [3.8, 4) is 0 Å². The average Bonchev–Trinajstić information content (AvgIpc) is 2.46. The number of nitrogens with zero attached hydrogens (tertiary/aromatic N) is 1. The van der Waals surface area contributed by atoms with Crippen molar-refractivity contribution in [2.24, 2.45) is 0 Å². The molecule has 0 fully saturated rings. The topological polar surface area (TPSA) is 56.0 Å². The van der Waals surface area contributed by atoms with Gasteiger partial charge in [-0.15, -0.1) is 0 Å². The van der Waals surface area contributed by atoms with Crippen LogP contribution >= 0.6 is 11.6 Å². The summed E-state index contributed by atoms with van der Waals surface area (Å²) in [5.41, 5.74) is 8.32. The smallest absolute Gasteiger partial charge is 0.168 e. The first-order valence-electron chi connectivity index (χ1n) is 6.56. The van der Waals surface area contributed by atoms with Gasteiger partial charge in [0.2, 0.25) is 0 Å². The molecule has 21 heavy (non-hydrogen) atoms. The molecule has 2 aromatic carbocycles. The van der Waals surface area contributed by atoms with Crippen molar-refractivity contribution in [3.05, 3.63) is 70.9 Å². The zero-order valence-electron chi connectivity index (χ0n) is 11.2. The van der Waals surface area contributed by atoms with Gasteiger partial charge >= 0.3 is 0 Å². The third-order valence-corrected chi connectivity index (χ3v) is 3.46. The van der Waals surface area contributed by atoms with Crippen molar-refractivity contribution in [1.82, 2.24) is 4.98 Å². The van der Waals surface area contributed by atoms with Crippen LogP contribution in [0.15, 0.2) is 54.6 Å². The highest BCUT2D eigenvalue weighted by atomic mass is 35.5. The van der Waals surface area contributed by atoms with Crippen LogP contribution in [0.4, 0.5) is 5.69 Å². The number of nitrogens with two attached hydrogens (primary N) is 1. The zero-order valence-corrected chi connectivity index (χ0v) is 12.0. The monoisotopic (exact) mass is 296 g/mol. The minimum Gasteiger partial charge on any atom is -0.399 e. The molecule has 0 amide bonds. The number of para-hydroxylation sites is 1. The first-order chi connectivity index (χ1) is 10.1. The summed E-state index contributed by atoms with van der Waals surface area (Å²) in [4.78, 5) is 16.8. The molecule has 0 spiro atoms. The second-order valence-electron chi connectivity index (χ2n) is 4.87. The Kier molecular flexibility index (Phi) is 3.59. The van der Waals surface area contributed by atoms with E-state index in [9.17, 15) is 4.79 Å². The molecule has 2 N–H and O–H groups in total. The number of halogens is 1. The molecule has 0 atom stereocenters. The minimum atomic E-state index is -0.0491. The summed E-state index contributed by atoms with van der Waals surface area (Å²) in [6.45, 7) is 0. The van der Waals surface area contributed by atoms with Gasteiger partial charge in [0.05, 0.1) is 11.9 Å². The Labute approximate surface area is 127 Å². The van der Waals surface area contributed by atoms with Gasteiger partial charge in [-0.3, -0.25) is 9.78 Å². The predicted molar refractivity (Wildman–Crippen MR) is 85.6 cm³/mol. The molecule has 0 aliphatic carbocycles. The molecule has 3 rings (SSSR count). The van der Waals surface area contributed by atoms with Crippen LogP contribution < -0.4 is 5.73 Å². The molecular weight excluding hydrogens is 284 g/mol. The highest BCUT2D eigenvalue weighted by Crippen LogP contribution is 2.19. The van der Waals surface area contributed by atoms with Crippen LogP contribution in [0.25, 0.3) is 10.9 Å². The normalized spacial score (nSPS) is 10.7. The van der Waals surface area contributed by atoms with Gasteiger partial charge in [-0.2, -0.15) is 0 Å². The van der Waals surface area contributed by atoms with Gasteiger partial charge in [0.25, 0.3) is 0 Å². The molecule has 0 saturated carbocycles. The Hall–Kier alpha value is -2.39. The minimum absolute atomic E-state index is 0.0491. The van der Waals surface area contributed by atoms with Crippen molar-refractivity contribution >= 4 is 34.0 Å². The first kappa shape index (κ1) is 13.6. The number of hydrogen-bond acceptors (Lipinski definition) is 3. The third-order valence-electron chi connectivity index (χ3n) is 3.24. The Morgan fingerprint density at radius 2 is 1.90 bits per heavy atom. The second-order valence-corrected chi connectivity index (χ2v) is 5.30. The summed E-state index contributed by atoms with van der Waals surface area (Å²) in [5.74, 6) is -0.0491. The van der Waals surface area contributed by atoms with E-state index >= 15 is 0 Å². The largest absolute Gasteiger partial charge is 0.399 e. The van der Waals surface area contributed by atoms with E-state index < -0.39 is 0 Å². The van der Waals surface area contributed by atoms with Gasteiger partial charge in [-0.1, -0.05) is 35.9 Å². The molecule has 4 heteroatoms. The van der Waals surface area contributed by atoms with Gasteiger partial charge in [-0.25, -0.2) is 0 Å². The number of hydrogen-bond donors (Lipinski definition) is 1. The van der Waals surface area contributed by atoms with Gasteiger partial charge in [0.15, 0.2) is 5.78 Å². The number of Topliss-reactive ketones (excluding diaryl/α,β-unsaturated/α-hetero) is 1. The summed E-state index contributed by atoms with van der Waals surface area (Å²) in [6, 6.07) is 16.5. The Morgan fingerprint density at radius 1 is 1.10 bits per heavy atom. The lowest BCUT2D eigenvalue weighted by Crippen LogP contribution is -2.06. The van der Waals surface area contributed by atoms with Crippen LogP contribution in [-0.4, -0.2) is 10.8 Å². The summed E-state index contributed by atoms with van der Waals surface area (Å²) in [6.07, 6.45) is 0.227. The van der Waals surface area contributed by atoms with E-state index in [4.69, 9.17) is 17.3 Å². The van der Waals surface area contributed by atoms with Crippen LogP contribution in [0.2, 0.25) is 5.02 Å². The van der Waals surface area contributed by atoms with E-state index in [-0.39, 0.29) is 12.2 Å². The quantitative estimate of drug-likeness (QED) is 0.589. The molecule has 1 heterocycles. The molecule has 0 aliphatic heterocycles. The lowest BCUT2D eigenvalue weighted by molar-refractivity contribution is 0.0992. The molecular formula is C17H13ClN2O. The van der Waals surface area contributed by atoms with Crippen LogP contribution in [0.3, 0.4) is 0 Å². The van der Waals surface area contributed by atoms with Crippen molar-refractivity contribution < 1.29 is 4.79 Å². The standard InChI is InChI=1S/C17H13ClN2O/c18-13-7-12(8-14(19)9-13)17(21)10-15-6-5-11-3-1-2-4-16(11)20-15/h1-9H,10,19H2. The number of ketones is 1. The Morgan fingerprint density at radius 3 is 2.71 bits per heavy atom. The van der Waals surface area contributed by atoms with E-state index in [2.05, 4.69) is 4.98 Å². The molecule has 3 aromatic rings. The van der Waals surface area contributed by atoms with Crippen molar-refractivity contribution in [3.63, 3.8) is 0 Å². The van der Waals surface area contributed by atoms with E-state index in [0.717, 1.165) is 16.6 Å². The number of carbonyl (C=O) groups is 1. The maximum absolute atomic E-state index is 12.3. The molecule has 0 unspecified atom stereocenters. The Balaban J connectivity index is 1.88. The van der Waals surface area contributed by atoms with Crippen LogP contribution in [0, 0.1) is 0 Å². The van der Waals surface area contributed by atoms with Gasteiger partial charge in [0, 0.05) is 27.4 Å². The molecule has 0 bridgehead atoms. The molecule has 0 radical (unpaired) electrons. The number of aromatic nitrogens is 1. The van der Waals surface area contributed by atoms with Crippen LogP contribution in [0.1, 0.15) is 16.1 Å². The van der Waals surface area contributed by atoms with Gasteiger partial charge < -0.3 is 5.73 Å². The van der Waals surface area contributed by atoms with Gasteiger partial charge in [0.1, 0.15) is 0 Å². The maximum atomic E-state index is 12.3. The van der Waals surface area contributed by atoms with E-state index in [0.29, 0.717) is 16.3 Å². The second kappa shape index (κ2) is 5.54. The first-order valence-corrected chi connectivity index (χ1v) is 6.93. The summed E-state index contributed by atoms with van der Waals surface area (Å²) in [5, 5.41) is 1.52. The number of rotatable bonds is 3. The van der Waals surface area contributed by atoms with E-state index in [1.165, 1.54) is 0 Å². The van der Waals surface area contributed by atoms with Crippen molar-refractivity contribution in [1.29, 1.82) is 0 Å². The lowest BCUT2D eigenvalue weighted by Gasteiger charge is -2.05. The van der Waals surface area contributed by atoms with Crippen LogP contribution in [-0.2, 0) is 6.42 Å². The Bertz CT molecular complexity index is 810. The number of pyridine rings is 1. The van der Waals surface area contributed by atoms with Crippen LogP contribution in [0.5, 0.6) is 0 Å². The highest BCUT2D eigenvalue weighted by Gasteiger charge is 2.10. The van der Waals surface area contributed by atoms with E-state index in [1.54, 1.807) is 18.2 Å². The molecule has 3 nitrogen and oxygen atoms in total. The van der Waals surface area contributed by atoms with Crippen molar-refractivity contribution in [2.45, 2.75) is 6.42 Å². The molecule has 0 saturated heterocycles.